The van der Waals surface area contributed by atoms with Crippen LogP contribution in [0.15, 0.2) is 35.9 Å². The number of hydrogen-bond donors (Lipinski definition) is 1. The largest absolute Gasteiger partial charge is 0.457 e. The highest BCUT2D eigenvalue weighted by Gasteiger charge is 2.31. The fraction of sp³-hybridized carbons (Fsp3) is 0.667. The molecule has 1 aromatic carbocycles. The van der Waals surface area contributed by atoms with Crippen LogP contribution in [0, 0.1) is 23.6 Å². The van der Waals surface area contributed by atoms with Crippen LogP contribution in [0.4, 0.5) is 14.9 Å². The predicted octanol–water partition coefficient (Wildman–Crippen LogP) is 5.50. The number of nitrogens with zero attached hydrogens (tertiary/aromatic N) is 4. The first-order valence-corrected chi connectivity index (χ1v) is 18.7. The van der Waals surface area contributed by atoms with Gasteiger partial charge in [0, 0.05) is 69.9 Å². The summed E-state index contributed by atoms with van der Waals surface area (Å²) >= 11 is 0. The lowest BCUT2D eigenvalue weighted by molar-refractivity contribution is -0.151. The van der Waals surface area contributed by atoms with E-state index in [4.69, 9.17) is 9.47 Å². The summed E-state index contributed by atoms with van der Waals surface area (Å²) in [6.45, 7) is 11.1. The Morgan fingerprint density at radius 1 is 0.900 bits per heavy atom. The maximum Gasteiger partial charge on any atom is 0.410 e. The van der Waals surface area contributed by atoms with Gasteiger partial charge in [0.25, 0.3) is 0 Å². The second-order valence-electron chi connectivity index (χ2n) is 15.0. The second kappa shape index (κ2) is 17.7. The smallest absolute Gasteiger partial charge is 0.410 e. The van der Waals surface area contributed by atoms with E-state index in [1.807, 2.05) is 57.0 Å². The number of esters is 1. The highest BCUT2D eigenvalue weighted by Crippen LogP contribution is 2.29. The van der Waals surface area contributed by atoms with Gasteiger partial charge in [-0.15, -0.1) is 0 Å². The number of anilines is 1. The Morgan fingerprint density at radius 2 is 1.58 bits per heavy atom. The van der Waals surface area contributed by atoms with Crippen molar-refractivity contribution in [3.05, 3.63) is 47.3 Å². The molecule has 276 valence electrons. The van der Waals surface area contributed by atoms with Gasteiger partial charge in [0.1, 0.15) is 18.0 Å². The highest BCUT2D eigenvalue weighted by atomic mass is 19.1. The molecule has 0 radical (unpaired) electrons. The lowest BCUT2D eigenvalue weighted by Crippen LogP contribution is -2.50. The van der Waals surface area contributed by atoms with Gasteiger partial charge in [-0.25, -0.2) is 9.18 Å². The van der Waals surface area contributed by atoms with Gasteiger partial charge in [0.2, 0.25) is 5.91 Å². The molecule has 2 amide bonds. The maximum absolute atomic E-state index is 15.1. The summed E-state index contributed by atoms with van der Waals surface area (Å²) in [6.07, 6.45) is 9.44. The van der Waals surface area contributed by atoms with Crippen molar-refractivity contribution in [3.63, 3.8) is 0 Å². The van der Waals surface area contributed by atoms with Gasteiger partial charge in [0.15, 0.2) is 0 Å². The van der Waals surface area contributed by atoms with Gasteiger partial charge in [-0.05, 0) is 81.0 Å². The van der Waals surface area contributed by atoms with E-state index >= 15 is 4.39 Å². The number of carbonyl (C=O) groups excluding carboxylic acids is 3. The number of carbonyl (C=O) groups is 3. The van der Waals surface area contributed by atoms with E-state index < -0.39 is 24.3 Å². The van der Waals surface area contributed by atoms with Gasteiger partial charge < -0.3 is 34.2 Å². The van der Waals surface area contributed by atoms with Crippen molar-refractivity contribution in [2.75, 3.05) is 64.3 Å². The average molecular weight is 697 g/mol. The minimum atomic E-state index is -0.883. The number of halogens is 1. The molecule has 5 rings (SSSR count). The number of aliphatic hydroxyl groups excluding tert-OH is 1. The third kappa shape index (κ3) is 10.3. The molecule has 0 unspecified atom stereocenters. The zero-order valence-corrected chi connectivity index (χ0v) is 30.4. The molecule has 1 N–H and O–H groups in total. The average Bonchev–Trinajstić information content (AvgIpc) is 3.10. The van der Waals surface area contributed by atoms with Crippen molar-refractivity contribution >= 4 is 29.7 Å². The fourth-order valence-electron chi connectivity index (χ4n) is 7.63. The Kier molecular flexibility index (Phi) is 13.4. The van der Waals surface area contributed by atoms with Gasteiger partial charge >= 0.3 is 12.1 Å². The van der Waals surface area contributed by atoms with Crippen LogP contribution in [0.25, 0.3) is 6.08 Å². The monoisotopic (exact) mass is 696 g/mol. The van der Waals surface area contributed by atoms with Crippen LogP contribution in [-0.4, -0.2) is 115 Å². The first kappa shape index (κ1) is 37.8. The van der Waals surface area contributed by atoms with Crippen molar-refractivity contribution < 1.29 is 33.4 Å². The van der Waals surface area contributed by atoms with Crippen LogP contribution in [0.3, 0.4) is 0 Å². The molecule has 2 saturated heterocycles. The van der Waals surface area contributed by atoms with E-state index in [1.165, 1.54) is 18.6 Å². The molecule has 4 aliphatic rings. The summed E-state index contributed by atoms with van der Waals surface area (Å²) < 4.78 is 27.0. The zero-order valence-electron chi connectivity index (χ0n) is 30.4. The third-order valence-corrected chi connectivity index (χ3v) is 10.9. The molecule has 0 spiro atoms. The Balaban J connectivity index is 1.30. The molecule has 1 aliphatic carbocycles. The van der Waals surface area contributed by atoms with Crippen molar-refractivity contribution in [1.82, 2.24) is 14.7 Å². The molecule has 1 aromatic rings. The summed E-state index contributed by atoms with van der Waals surface area (Å²) in [6, 6.07) is 4.92. The van der Waals surface area contributed by atoms with Crippen molar-refractivity contribution in [2.24, 2.45) is 17.8 Å². The van der Waals surface area contributed by atoms with Crippen LogP contribution >= 0.6 is 0 Å². The molecular weight excluding hydrogens is 639 g/mol. The predicted molar refractivity (Wildman–Crippen MR) is 192 cm³/mol. The Morgan fingerprint density at radius 3 is 2.28 bits per heavy atom. The number of benzene rings is 1. The lowest BCUT2D eigenvalue weighted by Gasteiger charge is -2.38. The molecule has 0 bridgehead atoms. The molecular formula is C39H57FN4O6. The molecule has 3 fully saturated rings. The zero-order chi connectivity index (χ0) is 35.8. The molecule has 10 nitrogen and oxygen atoms in total. The van der Waals surface area contributed by atoms with Crippen molar-refractivity contribution in [1.29, 1.82) is 0 Å². The van der Waals surface area contributed by atoms with E-state index in [-0.39, 0.29) is 42.0 Å². The van der Waals surface area contributed by atoms with Gasteiger partial charge in [-0.2, -0.15) is 0 Å². The number of ether oxygens (including phenoxy) is 2. The fourth-order valence-corrected chi connectivity index (χ4v) is 7.63. The third-order valence-electron chi connectivity index (χ3n) is 10.9. The number of aliphatic hydroxyl groups is 1. The van der Waals surface area contributed by atoms with Crippen LogP contribution in [0.5, 0.6) is 0 Å². The van der Waals surface area contributed by atoms with Crippen molar-refractivity contribution in [2.45, 2.75) is 90.4 Å². The van der Waals surface area contributed by atoms with E-state index in [0.717, 1.165) is 50.0 Å². The standard InChI is InChI=1S/C39H57FN4O6/c1-27-10-12-34(45)26-36(46)50-37(28(2)11-13-35(27)49-39(48)44-16-14-41(4)15-17-44)29(3)22-30-23-32(40)25-33(24-30)42-18-20-43(21-19-42)38(47)31-8-6-5-7-9-31/h11,13,22-25,27-28,31,34-35,37,45H,5-10,12,14-21,26H2,1-4H3/b13-11+,29-22+/t27-,28-,34+,35+,37-/m0/s1. The first-order valence-electron chi connectivity index (χ1n) is 18.7. The summed E-state index contributed by atoms with van der Waals surface area (Å²) in [5, 5.41) is 10.7. The highest BCUT2D eigenvalue weighted by molar-refractivity contribution is 5.79. The van der Waals surface area contributed by atoms with Crippen molar-refractivity contribution in [3.8, 4) is 0 Å². The second-order valence-corrected chi connectivity index (χ2v) is 15.0. The van der Waals surface area contributed by atoms with E-state index in [0.29, 0.717) is 57.7 Å². The Hall–Kier alpha value is -3.44. The normalized spacial score (nSPS) is 29.1. The van der Waals surface area contributed by atoms with Crippen LogP contribution in [0.2, 0.25) is 0 Å². The lowest BCUT2D eigenvalue weighted by atomic mass is 9.88. The Labute approximate surface area is 297 Å². The number of amides is 2. The van der Waals surface area contributed by atoms with Gasteiger partial charge in [-0.3, -0.25) is 9.59 Å². The molecule has 3 aliphatic heterocycles. The number of cyclic esters (lactones) is 1. The van der Waals surface area contributed by atoms with E-state index in [9.17, 15) is 19.5 Å². The first-order chi connectivity index (χ1) is 24.0. The number of rotatable bonds is 5. The molecule has 5 atom stereocenters. The minimum Gasteiger partial charge on any atom is -0.457 e. The molecule has 0 aromatic heterocycles. The van der Waals surface area contributed by atoms with Gasteiger partial charge in [0.05, 0.1) is 12.5 Å². The topological polar surface area (TPSA) is 103 Å². The minimum absolute atomic E-state index is 0.0759. The Bertz CT molecular complexity index is 1380. The maximum atomic E-state index is 15.1. The van der Waals surface area contributed by atoms with Gasteiger partial charge in [-0.1, -0.05) is 45.3 Å². The number of hydrogen-bond acceptors (Lipinski definition) is 8. The van der Waals surface area contributed by atoms with E-state index in [2.05, 4.69) is 9.80 Å². The molecule has 50 heavy (non-hydrogen) atoms. The van der Waals surface area contributed by atoms with Crippen LogP contribution in [-0.2, 0) is 19.1 Å². The summed E-state index contributed by atoms with van der Waals surface area (Å²) in [7, 11) is 2.03. The quantitative estimate of drug-likeness (QED) is 0.319. The molecule has 3 heterocycles. The SMILES string of the molecule is C/C(=C\c1cc(F)cc(N2CCN(C(=O)C3CCCCC3)CC2)c1)[C@H]1OC(=O)C[C@H](O)CC[C@H](C)[C@H](OC(=O)N2CCN(C)CC2)/C=C/[C@@H]1C. The summed E-state index contributed by atoms with van der Waals surface area (Å²) in [5.41, 5.74) is 2.12. The number of piperazine rings is 2. The van der Waals surface area contributed by atoms with E-state index in [1.54, 1.807) is 4.90 Å². The molecule has 11 heteroatoms. The van der Waals surface area contributed by atoms with Crippen LogP contribution in [0.1, 0.15) is 77.7 Å². The number of likely N-dealkylation sites (N-methyl/N-ethyl adjacent to an activating group) is 1. The molecule has 1 saturated carbocycles. The van der Waals surface area contributed by atoms with Crippen LogP contribution < -0.4 is 4.90 Å². The summed E-state index contributed by atoms with van der Waals surface area (Å²) in [4.78, 5) is 47.2. The summed E-state index contributed by atoms with van der Waals surface area (Å²) in [5.74, 6) is -0.838.